The summed E-state index contributed by atoms with van der Waals surface area (Å²) in [7, 11) is 0. The van der Waals surface area contributed by atoms with Crippen LogP contribution in [0.15, 0.2) is 60.7 Å². The fourth-order valence-corrected chi connectivity index (χ4v) is 3.55. The van der Waals surface area contributed by atoms with Crippen LogP contribution in [0.2, 0.25) is 0 Å². The predicted octanol–water partition coefficient (Wildman–Crippen LogP) is 5.12. The number of ether oxygens (including phenoxy) is 1. The van der Waals surface area contributed by atoms with Crippen LogP contribution in [0.5, 0.6) is 0 Å². The quantitative estimate of drug-likeness (QED) is 0.602. The van der Waals surface area contributed by atoms with E-state index < -0.39 is 0 Å². The molecule has 2 aromatic carbocycles. The highest BCUT2D eigenvalue weighted by Crippen LogP contribution is 2.33. The Labute approximate surface area is 152 Å². The van der Waals surface area contributed by atoms with Crippen LogP contribution >= 0.6 is 12.2 Å². The van der Waals surface area contributed by atoms with Crippen molar-refractivity contribution in [3.8, 4) is 17.1 Å². The first-order valence-electron chi connectivity index (χ1n) is 8.45. The van der Waals surface area contributed by atoms with Crippen molar-refractivity contribution in [1.29, 1.82) is 0 Å². The van der Waals surface area contributed by atoms with E-state index in [1.165, 1.54) is 5.69 Å². The summed E-state index contributed by atoms with van der Waals surface area (Å²) in [5, 5.41) is 0. The van der Waals surface area contributed by atoms with E-state index in [9.17, 15) is 0 Å². The lowest BCUT2D eigenvalue weighted by Crippen LogP contribution is -2.34. The Hall–Kier alpha value is -2.30. The lowest BCUT2D eigenvalue weighted by atomic mass is 9.95. The summed E-state index contributed by atoms with van der Waals surface area (Å²) < 4.78 is 8.87. The fourth-order valence-electron chi connectivity index (χ4n) is 3.29. The normalized spacial score (nSPS) is 15.6. The minimum Gasteiger partial charge on any atom is -0.370 e. The lowest BCUT2D eigenvalue weighted by molar-refractivity contribution is -0.0422. The summed E-state index contributed by atoms with van der Waals surface area (Å²) >= 11 is 5.61. The van der Waals surface area contributed by atoms with Gasteiger partial charge in [0.05, 0.1) is 12.2 Å². The maximum Gasteiger partial charge on any atom is 0.146 e. The van der Waals surface area contributed by atoms with Crippen molar-refractivity contribution in [2.75, 3.05) is 0 Å². The molecule has 1 aliphatic rings. The molecule has 3 nitrogen and oxygen atoms in total. The Kier molecular flexibility index (Phi) is 4.02. The molecule has 25 heavy (non-hydrogen) atoms. The van der Waals surface area contributed by atoms with Gasteiger partial charge in [0.25, 0.3) is 0 Å². The first-order valence-corrected chi connectivity index (χ1v) is 8.86. The van der Waals surface area contributed by atoms with Gasteiger partial charge < -0.3 is 4.74 Å². The summed E-state index contributed by atoms with van der Waals surface area (Å²) in [5.74, 6) is 0.883. The van der Waals surface area contributed by atoms with E-state index >= 15 is 0 Å². The van der Waals surface area contributed by atoms with E-state index in [4.69, 9.17) is 21.9 Å². The number of rotatable bonds is 2. The van der Waals surface area contributed by atoms with Gasteiger partial charge in [0.2, 0.25) is 0 Å². The van der Waals surface area contributed by atoms with Crippen molar-refractivity contribution in [1.82, 2.24) is 9.55 Å². The molecule has 2 heterocycles. The largest absolute Gasteiger partial charge is 0.370 e. The maximum absolute atomic E-state index is 5.99. The summed E-state index contributed by atoms with van der Waals surface area (Å²) in [6.45, 7) is 4.75. The van der Waals surface area contributed by atoms with Crippen LogP contribution in [-0.2, 0) is 17.8 Å². The number of benzene rings is 2. The topological polar surface area (TPSA) is 27.1 Å². The zero-order valence-electron chi connectivity index (χ0n) is 14.4. The Morgan fingerprint density at radius 1 is 1.00 bits per heavy atom. The van der Waals surface area contributed by atoms with Gasteiger partial charge >= 0.3 is 0 Å². The second-order valence-corrected chi connectivity index (χ2v) is 7.31. The van der Waals surface area contributed by atoms with Gasteiger partial charge in [0, 0.05) is 28.9 Å². The third-order valence-electron chi connectivity index (χ3n) is 4.54. The van der Waals surface area contributed by atoms with Crippen LogP contribution in [0, 0.1) is 4.64 Å². The minimum atomic E-state index is -0.222. The number of fused-ring (bicyclic) bond motifs is 1. The van der Waals surface area contributed by atoms with E-state index in [1.807, 2.05) is 24.3 Å². The molecule has 0 bridgehead atoms. The number of hydrogen-bond acceptors (Lipinski definition) is 3. The summed E-state index contributed by atoms with van der Waals surface area (Å²) in [6.07, 6.45) is 0.795. The average molecular weight is 348 g/mol. The van der Waals surface area contributed by atoms with Gasteiger partial charge in [-0.1, -0.05) is 60.7 Å². The lowest BCUT2D eigenvalue weighted by Gasteiger charge is -2.34. The van der Waals surface area contributed by atoms with Crippen LogP contribution in [0.1, 0.15) is 25.1 Å². The standard InChI is InChI=1S/C21H20N2OS/c1-21(2)13-18-17(14-24-21)20(25)22-19(15-9-5-3-6-10-15)23(18)16-11-7-4-8-12-16/h3-12H,13-14H2,1-2H3. The summed E-state index contributed by atoms with van der Waals surface area (Å²) in [5.41, 5.74) is 4.15. The molecule has 0 unspecified atom stereocenters. The first kappa shape index (κ1) is 16.2. The number of nitrogens with zero attached hydrogens (tertiary/aromatic N) is 2. The van der Waals surface area contributed by atoms with Crippen molar-refractivity contribution >= 4 is 12.2 Å². The molecule has 126 valence electrons. The van der Waals surface area contributed by atoms with Gasteiger partial charge in [-0.2, -0.15) is 0 Å². The van der Waals surface area contributed by atoms with Crippen molar-refractivity contribution < 1.29 is 4.74 Å². The Balaban J connectivity index is 2.06. The molecular formula is C21H20N2OS. The van der Waals surface area contributed by atoms with E-state index in [0.717, 1.165) is 29.1 Å². The number of aromatic nitrogens is 2. The number of para-hydroxylation sites is 1. The molecule has 0 amide bonds. The first-order chi connectivity index (χ1) is 12.1. The highest BCUT2D eigenvalue weighted by Gasteiger charge is 2.30. The Bertz CT molecular complexity index is 962. The Morgan fingerprint density at radius 2 is 1.64 bits per heavy atom. The molecule has 0 aliphatic carbocycles. The molecule has 1 aromatic heterocycles. The van der Waals surface area contributed by atoms with Gasteiger partial charge in [-0.25, -0.2) is 4.98 Å². The molecular weight excluding hydrogens is 328 g/mol. The molecule has 4 rings (SSSR count). The second-order valence-electron chi connectivity index (χ2n) is 6.93. The SMILES string of the molecule is CC1(C)Cc2c(c(=S)nc(-c3ccccc3)n2-c2ccccc2)CO1. The van der Waals surface area contributed by atoms with Crippen molar-refractivity contribution in [3.05, 3.63) is 76.6 Å². The third-order valence-corrected chi connectivity index (χ3v) is 4.88. The van der Waals surface area contributed by atoms with Gasteiger partial charge in [-0.05, 0) is 26.0 Å². The zero-order chi connectivity index (χ0) is 17.4. The molecule has 0 fully saturated rings. The highest BCUT2D eigenvalue weighted by atomic mass is 32.1. The van der Waals surface area contributed by atoms with Gasteiger partial charge in [0.1, 0.15) is 10.5 Å². The molecule has 0 saturated carbocycles. The van der Waals surface area contributed by atoms with E-state index in [1.54, 1.807) is 0 Å². The van der Waals surface area contributed by atoms with Gasteiger partial charge in [0.15, 0.2) is 0 Å². The molecule has 1 aliphatic heterocycles. The fraction of sp³-hybridized carbons (Fsp3) is 0.238. The molecule has 0 radical (unpaired) electrons. The molecule has 0 spiro atoms. The molecule has 3 aromatic rings. The van der Waals surface area contributed by atoms with Crippen molar-refractivity contribution in [2.24, 2.45) is 0 Å². The van der Waals surface area contributed by atoms with Crippen LogP contribution in [0.3, 0.4) is 0 Å². The van der Waals surface area contributed by atoms with E-state index in [0.29, 0.717) is 11.2 Å². The Morgan fingerprint density at radius 3 is 2.32 bits per heavy atom. The predicted molar refractivity (Wildman–Crippen MR) is 102 cm³/mol. The van der Waals surface area contributed by atoms with Crippen molar-refractivity contribution in [2.45, 2.75) is 32.5 Å². The van der Waals surface area contributed by atoms with Crippen LogP contribution in [0.25, 0.3) is 17.1 Å². The monoisotopic (exact) mass is 348 g/mol. The molecule has 0 atom stereocenters. The van der Waals surface area contributed by atoms with Gasteiger partial charge in [-0.3, -0.25) is 4.57 Å². The second kappa shape index (κ2) is 6.21. The molecule has 4 heteroatoms. The van der Waals surface area contributed by atoms with Crippen LogP contribution in [-0.4, -0.2) is 15.2 Å². The van der Waals surface area contributed by atoms with E-state index in [2.05, 4.69) is 54.8 Å². The summed E-state index contributed by atoms with van der Waals surface area (Å²) in [6, 6.07) is 20.6. The van der Waals surface area contributed by atoms with E-state index in [-0.39, 0.29) is 5.60 Å². The molecule has 0 N–H and O–H groups in total. The average Bonchev–Trinajstić information content (AvgIpc) is 2.62. The summed E-state index contributed by atoms with van der Waals surface area (Å²) in [4.78, 5) is 4.78. The smallest absolute Gasteiger partial charge is 0.146 e. The van der Waals surface area contributed by atoms with Crippen LogP contribution in [0.4, 0.5) is 0 Å². The zero-order valence-corrected chi connectivity index (χ0v) is 15.2. The molecule has 0 saturated heterocycles. The maximum atomic E-state index is 5.99. The van der Waals surface area contributed by atoms with Crippen LogP contribution < -0.4 is 0 Å². The minimum absolute atomic E-state index is 0.222. The number of hydrogen-bond donors (Lipinski definition) is 0. The van der Waals surface area contributed by atoms with Gasteiger partial charge in [-0.15, -0.1) is 0 Å². The third kappa shape index (κ3) is 3.03. The van der Waals surface area contributed by atoms with Crippen molar-refractivity contribution in [3.63, 3.8) is 0 Å². The highest BCUT2D eigenvalue weighted by molar-refractivity contribution is 7.71.